The Bertz CT molecular complexity index is 446. The molecule has 15 heavy (non-hydrogen) atoms. The first-order valence-electron chi connectivity index (χ1n) is 4.42. The van der Waals surface area contributed by atoms with Crippen molar-refractivity contribution in [3.05, 3.63) is 23.7 Å². The lowest BCUT2D eigenvalue weighted by Gasteiger charge is -1.96. The highest BCUT2D eigenvalue weighted by molar-refractivity contribution is 7.90. The quantitative estimate of drug-likeness (QED) is 0.739. The van der Waals surface area contributed by atoms with E-state index in [1.807, 2.05) is 0 Å². The van der Waals surface area contributed by atoms with Gasteiger partial charge in [-0.2, -0.15) is 0 Å². The van der Waals surface area contributed by atoms with Crippen molar-refractivity contribution in [1.29, 1.82) is 0 Å². The molecule has 1 aromatic rings. The first kappa shape index (κ1) is 11.9. The summed E-state index contributed by atoms with van der Waals surface area (Å²) in [6.45, 7) is 0.222. The van der Waals surface area contributed by atoms with Crippen LogP contribution in [0.1, 0.15) is 22.7 Å². The standard InChI is InChI=1S/C9H13NO4S/c1-15(12,13)5-4-8(11)9-3-2-7(6-10)14-9/h2-3H,4-6,10H2,1H3. The topological polar surface area (TPSA) is 90.4 Å². The Morgan fingerprint density at radius 1 is 1.47 bits per heavy atom. The van der Waals surface area contributed by atoms with Crippen LogP contribution >= 0.6 is 0 Å². The second-order valence-corrected chi connectivity index (χ2v) is 5.53. The average molecular weight is 231 g/mol. The maximum atomic E-state index is 11.4. The lowest BCUT2D eigenvalue weighted by atomic mass is 10.2. The number of nitrogens with two attached hydrogens (primary N) is 1. The van der Waals surface area contributed by atoms with E-state index in [0.29, 0.717) is 5.76 Å². The van der Waals surface area contributed by atoms with Crippen molar-refractivity contribution in [3.63, 3.8) is 0 Å². The van der Waals surface area contributed by atoms with Gasteiger partial charge < -0.3 is 10.2 Å². The molecule has 1 rings (SSSR count). The van der Waals surface area contributed by atoms with E-state index in [9.17, 15) is 13.2 Å². The van der Waals surface area contributed by atoms with Crippen LogP contribution in [0.4, 0.5) is 0 Å². The molecule has 1 heterocycles. The summed E-state index contributed by atoms with van der Waals surface area (Å²) >= 11 is 0. The number of rotatable bonds is 5. The van der Waals surface area contributed by atoms with E-state index in [1.165, 1.54) is 6.07 Å². The SMILES string of the molecule is CS(=O)(=O)CCC(=O)c1ccc(CN)o1. The summed E-state index contributed by atoms with van der Waals surface area (Å²) in [7, 11) is -3.11. The molecule has 5 nitrogen and oxygen atoms in total. The van der Waals surface area contributed by atoms with Gasteiger partial charge in [0, 0.05) is 12.7 Å². The van der Waals surface area contributed by atoms with Gasteiger partial charge in [0.25, 0.3) is 0 Å². The number of ketones is 1. The molecule has 0 radical (unpaired) electrons. The molecule has 6 heteroatoms. The van der Waals surface area contributed by atoms with Crippen LogP contribution in [0.25, 0.3) is 0 Å². The highest BCUT2D eigenvalue weighted by Crippen LogP contribution is 2.10. The van der Waals surface area contributed by atoms with Gasteiger partial charge in [0.15, 0.2) is 11.5 Å². The Morgan fingerprint density at radius 3 is 2.60 bits per heavy atom. The minimum Gasteiger partial charge on any atom is -0.457 e. The Hall–Kier alpha value is -1.14. The Labute approximate surface area is 88.2 Å². The van der Waals surface area contributed by atoms with E-state index >= 15 is 0 Å². The van der Waals surface area contributed by atoms with Gasteiger partial charge in [0.2, 0.25) is 0 Å². The molecule has 0 saturated heterocycles. The summed E-state index contributed by atoms with van der Waals surface area (Å²) in [6, 6.07) is 3.11. The Morgan fingerprint density at radius 2 is 2.13 bits per heavy atom. The highest BCUT2D eigenvalue weighted by Gasteiger charge is 2.13. The zero-order chi connectivity index (χ0) is 11.5. The van der Waals surface area contributed by atoms with Gasteiger partial charge in [-0.15, -0.1) is 0 Å². The molecule has 0 aliphatic heterocycles. The Kier molecular flexibility index (Phi) is 3.65. The van der Waals surface area contributed by atoms with Gasteiger partial charge in [-0.1, -0.05) is 0 Å². The Balaban J connectivity index is 2.62. The molecule has 0 saturated carbocycles. The van der Waals surface area contributed by atoms with Crippen LogP contribution in [-0.2, 0) is 16.4 Å². The predicted octanol–water partition coefficient (Wildman–Crippen LogP) is 0.356. The third-order valence-electron chi connectivity index (χ3n) is 1.84. The van der Waals surface area contributed by atoms with E-state index < -0.39 is 9.84 Å². The molecule has 0 aliphatic carbocycles. The molecule has 0 atom stereocenters. The minimum atomic E-state index is -3.11. The van der Waals surface area contributed by atoms with Gasteiger partial charge >= 0.3 is 0 Å². The molecule has 0 aromatic carbocycles. The van der Waals surface area contributed by atoms with Gasteiger partial charge in [0.1, 0.15) is 15.6 Å². The fourth-order valence-corrected chi connectivity index (χ4v) is 1.59. The molecule has 0 fully saturated rings. The molecular formula is C9H13NO4S. The normalized spacial score (nSPS) is 11.6. The first-order valence-corrected chi connectivity index (χ1v) is 6.48. The van der Waals surface area contributed by atoms with Gasteiger partial charge in [-0.3, -0.25) is 4.79 Å². The van der Waals surface area contributed by atoms with Gasteiger partial charge in [-0.05, 0) is 12.1 Å². The van der Waals surface area contributed by atoms with Crippen molar-refractivity contribution in [2.75, 3.05) is 12.0 Å². The van der Waals surface area contributed by atoms with Crippen LogP contribution in [-0.4, -0.2) is 26.2 Å². The molecule has 1 aromatic heterocycles. The molecule has 2 N–H and O–H groups in total. The lowest BCUT2D eigenvalue weighted by molar-refractivity contribution is 0.0960. The van der Waals surface area contributed by atoms with E-state index in [2.05, 4.69) is 0 Å². The zero-order valence-corrected chi connectivity index (χ0v) is 9.21. The smallest absolute Gasteiger partial charge is 0.199 e. The second kappa shape index (κ2) is 4.59. The van der Waals surface area contributed by atoms with Gasteiger partial charge in [0.05, 0.1) is 12.3 Å². The van der Waals surface area contributed by atoms with Crippen molar-refractivity contribution >= 4 is 15.6 Å². The number of carbonyl (C=O) groups excluding carboxylic acids is 1. The molecule has 0 amide bonds. The number of Topliss-reactive ketones (excluding diaryl/α,β-unsaturated/α-hetero) is 1. The van der Waals surface area contributed by atoms with E-state index in [1.54, 1.807) is 6.07 Å². The highest BCUT2D eigenvalue weighted by atomic mass is 32.2. The molecule has 0 spiro atoms. The lowest BCUT2D eigenvalue weighted by Crippen LogP contribution is -2.09. The van der Waals surface area contributed by atoms with Gasteiger partial charge in [-0.25, -0.2) is 8.42 Å². The van der Waals surface area contributed by atoms with E-state index in [4.69, 9.17) is 10.2 Å². The fourth-order valence-electron chi connectivity index (χ4n) is 1.04. The fraction of sp³-hybridized carbons (Fsp3) is 0.444. The number of sulfone groups is 1. The van der Waals surface area contributed by atoms with Crippen LogP contribution in [0.5, 0.6) is 0 Å². The van der Waals surface area contributed by atoms with Crippen LogP contribution in [0.2, 0.25) is 0 Å². The first-order chi connectivity index (χ1) is 6.92. The molecular weight excluding hydrogens is 218 g/mol. The third kappa shape index (κ3) is 3.85. The van der Waals surface area contributed by atoms with Crippen molar-refractivity contribution in [3.8, 4) is 0 Å². The van der Waals surface area contributed by atoms with Crippen molar-refractivity contribution in [2.24, 2.45) is 5.73 Å². The monoisotopic (exact) mass is 231 g/mol. The van der Waals surface area contributed by atoms with Crippen molar-refractivity contribution in [1.82, 2.24) is 0 Å². The molecule has 0 bridgehead atoms. The average Bonchev–Trinajstić information content (AvgIpc) is 2.61. The zero-order valence-electron chi connectivity index (χ0n) is 8.39. The van der Waals surface area contributed by atoms with Crippen LogP contribution in [0.15, 0.2) is 16.5 Å². The molecule has 84 valence electrons. The maximum absolute atomic E-state index is 11.4. The second-order valence-electron chi connectivity index (χ2n) is 3.27. The largest absolute Gasteiger partial charge is 0.457 e. The molecule has 0 unspecified atom stereocenters. The van der Waals surface area contributed by atoms with Crippen molar-refractivity contribution < 1.29 is 17.6 Å². The summed E-state index contributed by atoms with van der Waals surface area (Å²) in [5.74, 6) is 0.196. The van der Waals surface area contributed by atoms with E-state index in [0.717, 1.165) is 6.26 Å². The number of hydrogen-bond donors (Lipinski definition) is 1. The van der Waals surface area contributed by atoms with Crippen molar-refractivity contribution in [2.45, 2.75) is 13.0 Å². The molecule has 0 aliphatic rings. The maximum Gasteiger partial charge on any atom is 0.199 e. The summed E-state index contributed by atoms with van der Waals surface area (Å²) < 4.78 is 26.7. The summed E-state index contributed by atoms with van der Waals surface area (Å²) in [5, 5.41) is 0. The number of furan rings is 1. The summed E-state index contributed by atoms with van der Waals surface area (Å²) in [5.41, 5.74) is 5.31. The van der Waals surface area contributed by atoms with Crippen LogP contribution in [0.3, 0.4) is 0 Å². The predicted molar refractivity (Wildman–Crippen MR) is 55.3 cm³/mol. The van der Waals surface area contributed by atoms with E-state index in [-0.39, 0.29) is 30.3 Å². The van der Waals surface area contributed by atoms with Crippen LogP contribution in [0, 0.1) is 0 Å². The number of hydrogen-bond acceptors (Lipinski definition) is 5. The third-order valence-corrected chi connectivity index (χ3v) is 2.78. The number of carbonyl (C=O) groups is 1. The van der Waals surface area contributed by atoms with Crippen LogP contribution < -0.4 is 5.73 Å². The summed E-state index contributed by atoms with van der Waals surface area (Å²) in [6.07, 6.45) is 1.03. The summed E-state index contributed by atoms with van der Waals surface area (Å²) in [4.78, 5) is 11.4. The minimum absolute atomic E-state index is 0.0592.